The van der Waals surface area contributed by atoms with E-state index in [2.05, 4.69) is 10.3 Å². The van der Waals surface area contributed by atoms with E-state index in [1.807, 2.05) is 24.3 Å². The number of ketones is 1. The van der Waals surface area contributed by atoms with Crippen LogP contribution in [-0.4, -0.2) is 28.8 Å². The predicted octanol–water partition coefficient (Wildman–Crippen LogP) is 6.41. The molecule has 0 aliphatic heterocycles. The third kappa shape index (κ3) is 5.99. The second-order valence-corrected chi connectivity index (χ2v) is 9.97. The van der Waals surface area contributed by atoms with E-state index in [1.54, 1.807) is 49.6 Å². The number of phenols is 1. The second-order valence-electron chi connectivity index (χ2n) is 9.97. The first-order chi connectivity index (χ1) is 19.3. The smallest absolute Gasteiger partial charge is 0.251 e. The minimum Gasteiger partial charge on any atom is -0.508 e. The molecule has 5 rings (SSSR count). The molecule has 2 N–H and O–H groups in total. The molecule has 0 fully saturated rings. The number of aromatic hydroxyl groups is 1. The summed E-state index contributed by atoms with van der Waals surface area (Å²) in [5.41, 5.74) is 5.75. The fourth-order valence-corrected chi connectivity index (χ4v) is 5.35. The third-order valence-electron chi connectivity index (χ3n) is 7.16. The van der Waals surface area contributed by atoms with Crippen molar-refractivity contribution in [1.29, 1.82) is 0 Å². The van der Waals surface area contributed by atoms with Gasteiger partial charge in [0, 0.05) is 49.2 Å². The highest BCUT2D eigenvalue weighted by Gasteiger charge is 2.25. The van der Waals surface area contributed by atoms with E-state index in [0.717, 1.165) is 33.9 Å². The largest absolute Gasteiger partial charge is 0.508 e. The Kier molecular flexibility index (Phi) is 7.82. The molecule has 0 spiro atoms. The topological polar surface area (TPSA) is 79.3 Å². The summed E-state index contributed by atoms with van der Waals surface area (Å²) in [6.45, 7) is 0. The van der Waals surface area contributed by atoms with Crippen LogP contribution in [0.2, 0.25) is 0 Å². The molecular weight excluding hydrogens is 510 g/mol. The highest BCUT2D eigenvalue weighted by Crippen LogP contribution is 2.36. The number of aromatic nitrogens is 1. The fraction of sp³-hybridized carbons (Fsp3) is 0.182. The average Bonchev–Trinajstić information content (AvgIpc) is 3.33. The minimum atomic E-state index is -0.688. The number of benzene rings is 3. The van der Waals surface area contributed by atoms with Gasteiger partial charge < -0.3 is 10.4 Å². The summed E-state index contributed by atoms with van der Waals surface area (Å²) in [7, 11) is 1.56. The Morgan fingerprint density at radius 3 is 2.55 bits per heavy atom. The molecule has 1 heterocycles. The van der Waals surface area contributed by atoms with E-state index >= 15 is 0 Å². The van der Waals surface area contributed by atoms with Crippen molar-refractivity contribution in [2.45, 2.75) is 31.6 Å². The monoisotopic (exact) mass is 538 g/mol. The highest BCUT2D eigenvalue weighted by molar-refractivity contribution is 5.95. The van der Waals surface area contributed by atoms with Crippen molar-refractivity contribution in [3.05, 3.63) is 125 Å². The SMILES string of the molecule is CNC(=O)c1cccc(-c2cccnc2[C@@H](CC(=O)CC2=CCc3ccc(O)cc32)Cc2cc(F)cc(F)c2)c1. The molecule has 40 heavy (non-hydrogen) atoms. The van der Waals surface area contributed by atoms with Gasteiger partial charge in [0.05, 0.1) is 5.69 Å². The number of halogens is 2. The van der Waals surface area contributed by atoms with Gasteiger partial charge in [0.2, 0.25) is 0 Å². The number of Topliss-reactive ketones (excluding diaryl/α,β-unsaturated/α-hetero) is 1. The van der Waals surface area contributed by atoms with E-state index in [1.165, 1.54) is 12.1 Å². The van der Waals surface area contributed by atoms with E-state index in [-0.39, 0.29) is 36.7 Å². The Bertz CT molecular complexity index is 1610. The number of carbonyl (C=O) groups is 2. The molecule has 3 aromatic carbocycles. The standard InChI is InChI=1S/C33H28F2N2O3/c1-36-33(40)24-5-2-4-22(15-24)30-6-3-11-37-32(30)25(12-20-13-26(34)18-27(35)14-20)17-29(39)16-23-8-7-21-9-10-28(38)19-31(21)23/h2-6,8-11,13-15,18-19,25,38H,7,12,16-17H2,1H3,(H,36,40)/t25-/m1/s1. The average molecular weight is 539 g/mol. The highest BCUT2D eigenvalue weighted by atomic mass is 19.1. The lowest BCUT2D eigenvalue weighted by Crippen LogP contribution is -2.17. The van der Waals surface area contributed by atoms with E-state index in [9.17, 15) is 23.5 Å². The van der Waals surface area contributed by atoms with Crippen LogP contribution in [0.5, 0.6) is 5.75 Å². The molecule has 1 aliphatic carbocycles. The van der Waals surface area contributed by atoms with E-state index in [4.69, 9.17) is 0 Å². The lowest BCUT2D eigenvalue weighted by Gasteiger charge is -2.20. The zero-order valence-corrected chi connectivity index (χ0v) is 22.0. The Labute approximate surface area is 231 Å². The number of hydrogen-bond donors (Lipinski definition) is 2. The molecule has 1 amide bonds. The van der Waals surface area contributed by atoms with Gasteiger partial charge in [0.25, 0.3) is 5.91 Å². The van der Waals surface area contributed by atoms with Crippen LogP contribution in [0.15, 0.2) is 85.1 Å². The molecule has 1 atom stereocenters. The lowest BCUT2D eigenvalue weighted by atomic mass is 9.85. The molecule has 0 saturated carbocycles. The molecule has 7 heteroatoms. The number of carbonyl (C=O) groups excluding carboxylic acids is 2. The molecule has 202 valence electrons. The summed E-state index contributed by atoms with van der Waals surface area (Å²) < 4.78 is 28.2. The number of fused-ring (bicyclic) bond motifs is 1. The van der Waals surface area contributed by atoms with Crippen LogP contribution >= 0.6 is 0 Å². The van der Waals surface area contributed by atoms with Gasteiger partial charge in [-0.2, -0.15) is 0 Å². The van der Waals surface area contributed by atoms with Gasteiger partial charge >= 0.3 is 0 Å². The number of nitrogens with zero attached hydrogens (tertiary/aromatic N) is 1. The van der Waals surface area contributed by atoms with Gasteiger partial charge in [-0.05, 0) is 83.1 Å². The van der Waals surface area contributed by atoms with Crippen LogP contribution in [0, 0.1) is 11.6 Å². The Hall–Kier alpha value is -4.65. The number of amides is 1. The maximum Gasteiger partial charge on any atom is 0.251 e. The first-order valence-electron chi connectivity index (χ1n) is 13.1. The van der Waals surface area contributed by atoms with Gasteiger partial charge in [-0.1, -0.05) is 30.3 Å². The number of pyridine rings is 1. The molecule has 0 bridgehead atoms. The maximum absolute atomic E-state index is 14.1. The summed E-state index contributed by atoms with van der Waals surface area (Å²) >= 11 is 0. The molecular formula is C33H28F2N2O3. The summed E-state index contributed by atoms with van der Waals surface area (Å²) in [5, 5.41) is 12.6. The number of rotatable bonds is 9. The Balaban J connectivity index is 1.49. The number of allylic oxidation sites excluding steroid dienone is 2. The quantitative estimate of drug-likeness (QED) is 0.258. The van der Waals surface area contributed by atoms with Crippen molar-refractivity contribution in [3.63, 3.8) is 0 Å². The zero-order valence-electron chi connectivity index (χ0n) is 22.0. The first-order valence-corrected chi connectivity index (χ1v) is 13.1. The van der Waals surface area contributed by atoms with Crippen molar-refractivity contribution < 1.29 is 23.5 Å². The molecule has 0 unspecified atom stereocenters. The second kappa shape index (κ2) is 11.6. The van der Waals surface area contributed by atoms with Crippen molar-refractivity contribution >= 4 is 17.3 Å². The lowest BCUT2D eigenvalue weighted by molar-refractivity contribution is -0.118. The van der Waals surface area contributed by atoms with Crippen LogP contribution in [0.25, 0.3) is 16.7 Å². The molecule has 1 aromatic heterocycles. The van der Waals surface area contributed by atoms with Gasteiger partial charge in [-0.25, -0.2) is 8.78 Å². The summed E-state index contributed by atoms with van der Waals surface area (Å²) in [6, 6.07) is 19.3. The molecule has 0 radical (unpaired) electrons. The number of nitrogens with one attached hydrogen (secondary N) is 1. The molecule has 4 aromatic rings. The summed E-state index contributed by atoms with van der Waals surface area (Å²) in [5.74, 6) is -2.01. The number of hydrogen-bond acceptors (Lipinski definition) is 4. The van der Waals surface area contributed by atoms with E-state index in [0.29, 0.717) is 23.2 Å². The Morgan fingerprint density at radius 1 is 0.975 bits per heavy atom. The maximum atomic E-state index is 14.1. The summed E-state index contributed by atoms with van der Waals surface area (Å²) in [6.07, 6.45) is 4.76. The van der Waals surface area contributed by atoms with Crippen LogP contribution in [0.3, 0.4) is 0 Å². The van der Waals surface area contributed by atoms with Gasteiger partial charge in [0.1, 0.15) is 23.2 Å². The normalized spacial score (nSPS) is 12.9. The molecule has 1 aliphatic rings. The van der Waals surface area contributed by atoms with Crippen LogP contribution < -0.4 is 5.32 Å². The molecule has 0 saturated heterocycles. The Morgan fingerprint density at radius 2 is 1.77 bits per heavy atom. The van der Waals surface area contributed by atoms with Gasteiger partial charge in [0.15, 0.2) is 0 Å². The van der Waals surface area contributed by atoms with Crippen molar-refractivity contribution in [2.75, 3.05) is 7.05 Å². The third-order valence-corrected chi connectivity index (χ3v) is 7.16. The predicted molar refractivity (Wildman–Crippen MR) is 150 cm³/mol. The molecule has 5 nitrogen and oxygen atoms in total. The summed E-state index contributed by atoms with van der Waals surface area (Å²) in [4.78, 5) is 30.4. The van der Waals surface area contributed by atoms with Crippen LogP contribution in [-0.2, 0) is 17.6 Å². The van der Waals surface area contributed by atoms with Crippen molar-refractivity contribution in [2.24, 2.45) is 0 Å². The first kappa shape index (κ1) is 26.9. The fourth-order valence-electron chi connectivity index (χ4n) is 5.35. The zero-order chi connectivity index (χ0) is 28.2. The van der Waals surface area contributed by atoms with Crippen LogP contribution in [0.4, 0.5) is 8.78 Å². The van der Waals surface area contributed by atoms with Crippen molar-refractivity contribution in [1.82, 2.24) is 10.3 Å². The van der Waals surface area contributed by atoms with E-state index < -0.39 is 17.6 Å². The van der Waals surface area contributed by atoms with Gasteiger partial charge in [-0.3, -0.25) is 14.6 Å². The van der Waals surface area contributed by atoms with Crippen LogP contribution in [0.1, 0.15) is 51.5 Å². The van der Waals surface area contributed by atoms with Crippen molar-refractivity contribution in [3.8, 4) is 16.9 Å². The number of phenolic OH excluding ortho intramolecular Hbond substituents is 1. The van der Waals surface area contributed by atoms with Gasteiger partial charge in [-0.15, -0.1) is 0 Å². The minimum absolute atomic E-state index is 0.0555.